The van der Waals surface area contributed by atoms with Crippen LogP contribution in [-0.4, -0.2) is 4.57 Å². The van der Waals surface area contributed by atoms with E-state index in [1.165, 1.54) is 0 Å². The highest BCUT2D eigenvalue weighted by Gasteiger charge is 2.16. The van der Waals surface area contributed by atoms with Crippen molar-refractivity contribution < 1.29 is 4.74 Å². The van der Waals surface area contributed by atoms with E-state index in [4.69, 9.17) is 22.1 Å². The summed E-state index contributed by atoms with van der Waals surface area (Å²) in [6, 6.07) is 10.8. The standard InChI is InChI=1S/C15H16ClN3O/c1-10(2)9-19-12(8-17)7-14(18)15(19)20-13-5-3-11(16)4-6-13/h3-7,10H,9,18H2,1-2H3. The number of rotatable bonds is 4. The van der Waals surface area contributed by atoms with Crippen LogP contribution in [0.1, 0.15) is 19.5 Å². The number of nitrogens with zero attached hydrogens (tertiary/aromatic N) is 2. The molecule has 0 aliphatic heterocycles. The van der Waals surface area contributed by atoms with E-state index in [0.717, 1.165) is 0 Å². The number of aromatic nitrogens is 1. The highest BCUT2D eigenvalue weighted by molar-refractivity contribution is 6.30. The van der Waals surface area contributed by atoms with Gasteiger partial charge in [0.15, 0.2) is 0 Å². The number of hydrogen-bond acceptors (Lipinski definition) is 3. The lowest BCUT2D eigenvalue weighted by atomic mass is 10.2. The number of benzene rings is 1. The van der Waals surface area contributed by atoms with Crippen molar-refractivity contribution >= 4 is 17.3 Å². The lowest BCUT2D eigenvalue weighted by Crippen LogP contribution is -2.08. The van der Waals surface area contributed by atoms with Gasteiger partial charge in [-0.25, -0.2) is 0 Å². The fourth-order valence-corrected chi connectivity index (χ4v) is 2.05. The molecule has 104 valence electrons. The number of ether oxygens (including phenoxy) is 1. The Labute approximate surface area is 123 Å². The van der Waals surface area contributed by atoms with E-state index in [9.17, 15) is 5.26 Å². The minimum absolute atomic E-state index is 0.376. The number of nitriles is 1. The molecule has 0 radical (unpaired) electrons. The maximum Gasteiger partial charge on any atom is 0.224 e. The Kier molecular flexibility index (Phi) is 4.21. The summed E-state index contributed by atoms with van der Waals surface area (Å²) in [6.45, 7) is 4.82. The minimum Gasteiger partial charge on any atom is -0.439 e. The van der Waals surface area contributed by atoms with Crippen LogP contribution in [-0.2, 0) is 6.54 Å². The lowest BCUT2D eigenvalue weighted by Gasteiger charge is -2.14. The predicted molar refractivity (Wildman–Crippen MR) is 79.9 cm³/mol. The van der Waals surface area contributed by atoms with Crippen LogP contribution >= 0.6 is 11.6 Å². The first-order chi connectivity index (χ1) is 9.51. The summed E-state index contributed by atoms with van der Waals surface area (Å²) in [4.78, 5) is 0. The fraction of sp³-hybridized carbons (Fsp3) is 0.267. The van der Waals surface area contributed by atoms with Gasteiger partial charge in [0.1, 0.15) is 17.5 Å². The number of hydrogen-bond donors (Lipinski definition) is 1. The summed E-state index contributed by atoms with van der Waals surface area (Å²) in [5, 5.41) is 9.81. The van der Waals surface area contributed by atoms with Gasteiger partial charge in [-0.2, -0.15) is 5.26 Å². The molecular weight excluding hydrogens is 274 g/mol. The molecule has 5 heteroatoms. The highest BCUT2D eigenvalue weighted by atomic mass is 35.5. The van der Waals surface area contributed by atoms with Crippen LogP contribution in [0.5, 0.6) is 11.6 Å². The molecule has 20 heavy (non-hydrogen) atoms. The van der Waals surface area contributed by atoms with Crippen molar-refractivity contribution in [2.24, 2.45) is 5.92 Å². The first-order valence-electron chi connectivity index (χ1n) is 6.33. The van der Waals surface area contributed by atoms with E-state index in [1.807, 2.05) is 0 Å². The second kappa shape index (κ2) is 5.89. The predicted octanol–water partition coefficient (Wildman–Crippen LogP) is 4.04. The zero-order chi connectivity index (χ0) is 14.7. The quantitative estimate of drug-likeness (QED) is 0.923. The van der Waals surface area contributed by atoms with Crippen molar-refractivity contribution in [3.05, 3.63) is 41.0 Å². The molecular formula is C15H16ClN3O. The SMILES string of the molecule is CC(C)Cn1c(C#N)cc(N)c1Oc1ccc(Cl)cc1. The summed E-state index contributed by atoms with van der Waals surface area (Å²) >= 11 is 5.84. The zero-order valence-electron chi connectivity index (χ0n) is 11.4. The molecule has 2 rings (SSSR count). The van der Waals surface area contributed by atoms with Crippen LogP contribution in [0, 0.1) is 17.2 Å². The van der Waals surface area contributed by atoms with Gasteiger partial charge in [-0.15, -0.1) is 0 Å². The largest absolute Gasteiger partial charge is 0.439 e. The normalized spacial score (nSPS) is 10.6. The van der Waals surface area contributed by atoms with Crippen molar-refractivity contribution in [1.82, 2.24) is 4.57 Å². The van der Waals surface area contributed by atoms with Crippen molar-refractivity contribution in [3.8, 4) is 17.7 Å². The minimum atomic E-state index is 0.376. The molecule has 2 aromatic rings. The first-order valence-corrected chi connectivity index (χ1v) is 6.71. The van der Waals surface area contributed by atoms with Gasteiger partial charge in [-0.1, -0.05) is 25.4 Å². The Morgan fingerprint density at radius 2 is 2.00 bits per heavy atom. The highest BCUT2D eigenvalue weighted by Crippen LogP contribution is 2.32. The van der Waals surface area contributed by atoms with E-state index in [0.29, 0.717) is 40.5 Å². The molecule has 2 N–H and O–H groups in total. The van der Waals surface area contributed by atoms with Crippen molar-refractivity contribution in [2.45, 2.75) is 20.4 Å². The summed E-state index contributed by atoms with van der Waals surface area (Å²) in [7, 11) is 0. The second-order valence-electron chi connectivity index (χ2n) is 4.96. The third-order valence-corrected chi connectivity index (χ3v) is 3.02. The Hall–Kier alpha value is -2.12. The molecule has 0 atom stereocenters. The maximum atomic E-state index is 9.17. The molecule has 0 saturated carbocycles. The van der Waals surface area contributed by atoms with Gasteiger partial charge in [-0.3, -0.25) is 0 Å². The Morgan fingerprint density at radius 3 is 2.55 bits per heavy atom. The monoisotopic (exact) mass is 289 g/mol. The summed E-state index contributed by atoms with van der Waals surface area (Å²) in [5.74, 6) is 1.51. The van der Waals surface area contributed by atoms with Crippen LogP contribution in [0.3, 0.4) is 0 Å². The van der Waals surface area contributed by atoms with E-state index in [-0.39, 0.29) is 0 Å². The van der Waals surface area contributed by atoms with Crippen molar-refractivity contribution in [1.29, 1.82) is 5.26 Å². The summed E-state index contributed by atoms with van der Waals surface area (Å²) < 4.78 is 7.61. The van der Waals surface area contributed by atoms with Crippen LogP contribution in [0.15, 0.2) is 30.3 Å². The molecule has 0 unspecified atom stereocenters. The molecule has 0 amide bonds. The van der Waals surface area contributed by atoms with Crippen molar-refractivity contribution in [3.63, 3.8) is 0 Å². The topological polar surface area (TPSA) is 64.0 Å². The van der Waals surface area contributed by atoms with E-state index >= 15 is 0 Å². The first kappa shape index (κ1) is 14.3. The molecule has 0 spiro atoms. The number of nitrogens with two attached hydrogens (primary N) is 1. The molecule has 1 heterocycles. The summed E-state index contributed by atoms with van der Waals surface area (Å²) in [5.41, 5.74) is 6.90. The van der Waals surface area contributed by atoms with Crippen LogP contribution in [0.4, 0.5) is 5.69 Å². The molecule has 0 aliphatic rings. The molecule has 4 nitrogen and oxygen atoms in total. The zero-order valence-corrected chi connectivity index (χ0v) is 12.2. The molecule has 0 fully saturated rings. The van der Waals surface area contributed by atoms with Crippen molar-refractivity contribution in [2.75, 3.05) is 5.73 Å². The molecule has 0 saturated heterocycles. The Bertz CT molecular complexity index is 638. The number of halogens is 1. The Morgan fingerprint density at radius 1 is 1.35 bits per heavy atom. The van der Waals surface area contributed by atoms with E-state index in [1.54, 1.807) is 34.9 Å². The van der Waals surface area contributed by atoms with Gasteiger partial charge in [0, 0.05) is 17.6 Å². The van der Waals surface area contributed by atoms with Crippen LogP contribution < -0.4 is 10.5 Å². The average Bonchev–Trinajstić information content (AvgIpc) is 2.69. The van der Waals surface area contributed by atoms with Crippen LogP contribution in [0.25, 0.3) is 0 Å². The maximum absolute atomic E-state index is 9.17. The second-order valence-corrected chi connectivity index (χ2v) is 5.40. The van der Waals surface area contributed by atoms with Gasteiger partial charge in [0.25, 0.3) is 0 Å². The molecule has 1 aromatic heterocycles. The van der Waals surface area contributed by atoms with E-state index in [2.05, 4.69) is 19.9 Å². The Balaban J connectivity index is 2.37. The summed E-state index contributed by atoms with van der Waals surface area (Å²) in [6.07, 6.45) is 0. The smallest absolute Gasteiger partial charge is 0.224 e. The third kappa shape index (κ3) is 3.06. The molecule has 0 aliphatic carbocycles. The van der Waals surface area contributed by atoms with Gasteiger partial charge in [0.2, 0.25) is 5.88 Å². The molecule has 0 bridgehead atoms. The lowest BCUT2D eigenvalue weighted by molar-refractivity contribution is 0.405. The molecule has 1 aromatic carbocycles. The average molecular weight is 290 g/mol. The van der Waals surface area contributed by atoms with Gasteiger partial charge >= 0.3 is 0 Å². The van der Waals surface area contributed by atoms with Crippen LogP contribution in [0.2, 0.25) is 5.02 Å². The fourth-order valence-electron chi connectivity index (χ4n) is 1.92. The third-order valence-electron chi connectivity index (χ3n) is 2.77. The number of nitrogen functional groups attached to an aromatic ring is 1. The van der Waals surface area contributed by atoms with Gasteiger partial charge in [-0.05, 0) is 30.2 Å². The van der Waals surface area contributed by atoms with Gasteiger partial charge in [0.05, 0.1) is 5.69 Å². The number of anilines is 1. The van der Waals surface area contributed by atoms with Gasteiger partial charge < -0.3 is 15.0 Å². The van der Waals surface area contributed by atoms with E-state index < -0.39 is 0 Å².